The highest BCUT2D eigenvalue weighted by atomic mass is 127. The highest BCUT2D eigenvalue weighted by molar-refractivity contribution is 14.0. The number of aromatic nitrogens is 1. The number of nitrogens with one attached hydrogen (secondary N) is 3. The molecular weight excluding hydrogens is 461 g/mol. The maximum Gasteiger partial charge on any atom is 0.221 e. The van der Waals surface area contributed by atoms with Crippen LogP contribution in [-0.4, -0.2) is 23.4 Å². The van der Waals surface area contributed by atoms with Crippen LogP contribution in [-0.2, 0) is 17.9 Å². The Kier molecular flexibility index (Phi) is 9.57. The predicted molar refractivity (Wildman–Crippen MR) is 119 cm³/mol. The molecule has 0 aliphatic carbocycles. The average molecular weight is 487 g/mol. The second kappa shape index (κ2) is 11.1. The zero-order chi connectivity index (χ0) is 18.2. The topological polar surface area (TPSA) is 78.4 Å². The zero-order valence-electron chi connectivity index (χ0n) is 15.5. The van der Waals surface area contributed by atoms with Crippen molar-refractivity contribution in [2.24, 2.45) is 4.99 Å². The third-order valence-electron chi connectivity index (χ3n) is 3.43. The molecule has 2 rings (SSSR count). The highest BCUT2D eigenvalue weighted by Gasteiger charge is 2.06. The number of nitrogens with zero attached hydrogens (tertiary/aromatic N) is 2. The average Bonchev–Trinajstić information content (AvgIpc) is 2.87. The van der Waals surface area contributed by atoms with E-state index in [0.29, 0.717) is 13.1 Å². The molecule has 0 fully saturated rings. The van der Waals surface area contributed by atoms with Crippen molar-refractivity contribution >= 4 is 52.9 Å². The van der Waals surface area contributed by atoms with Crippen LogP contribution in [0.2, 0.25) is 0 Å². The van der Waals surface area contributed by atoms with Gasteiger partial charge >= 0.3 is 0 Å². The Morgan fingerprint density at radius 2 is 2.04 bits per heavy atom. The molecule has 0 radical (unpaired) electrons. The van der Waals surface area contributed by atoms with Gasteiger partial charge in [-0.2, -0.15) is 0 Å². The summed E-state index contributed by atoms with van der Waals surface area (Å²) in [6, 6.07) is 7.72. The number of anilines is 1. The van der Waals surface area contributed by atoms with E-state index in [2.05, 4.69) is 25.9 Å². The van der Waals surface area contributed by atoms with Crippen molar-refractivity contribution in [3.63, 3.8) is 0 Å². The van der Waals surface area contributed by atoms with Crippen molar-refractivity contribution in [3.05, 3.63) is 45.4 Å². The fraction of sp³-hybridized carbons (Fsp3) is 0.389. The van der Waals surface area contributed by atoms with Crippen LogP contribution in [0.1, 0.15) is 35.0 Å². The summed E-state index contributed by atoms with van der Waals surface area (Å²) in [4.78, 5) is 21.4. The van der Waals surface area contributed by atoms with E-state index in [0.717, 1.165) is 34.5 Å². The van der Waals surface area contributed by atoms with E-state index in [1.807, 2.05) is 45.0 Å². The molecule has 2 aromatic rings. The van der Waals surface area contributed by atoms with Crippen molar-refractivity contribution < 1.29 is 4.79 Å². The molecule has 1 aromatic carbocycles. The molecule has 26 heavy (non-hydrogen) atoms. The van der Waals surface area contributed by atoms with Gasteiger partial charge in [-0.3, -0.25) is 4.79 Å². The minimum absolute atomic E-state index is 0. The lowest BCUT2D eigenvalue weighted by Crippen LogP contribution is -2.36. The Bertz CT molecular complexity index is 760. The van der Waals surface area contributed by atoms with Gasteiger partial charge in [0.2, 0.25) is 5.91 Å². The molecule has 142 valence electrons. The van der Waals surface area contributed by atoms with Crippen LogP contribution in [0, 0.1) is 13.8 Å². The van der Waals surface area contributed by atoms with Crippen molar-refractivity contribution in [2.45, 2.75) is 40.8 Å². The number of hydrogen-bond donors (Lipinski definition) is 3. The number of aryl methyl sites for hydroxylation is 2. The summed E-state index contributed by atoms with van der Waals surface area (Å²) in [6.07, 6.45) is 0. The first-order valence-corrected chi connectivity index (χ1v) is 9.11. The quantitative estimate of drug-likeness (QED) is 0.331. The molecule has 1 heterocycles. The van der Waals surface area contributed by atoms with Gasteiger partial charge in [0.05, 0.1) is 23.8 Å². The van der Waals surface area contributed by atoms with Crippen molar-refractivity contribution in [1.29, 1.82) is 0 Å². The summed E-state index contributed by atoms with van der Waals surface area (Å²) in [5.41, 5.74) is 2.89. The molecule has 0 saturated heterocycles. The molecule has 0 unspecified atom stereocenters. The number of guanidine groups is 1. The van der Waals surface area contributed by atoms with Gasteiger partial charge < -0.3 is 16.0 Å². The van der Waals surface area contributed by atoms with Crippen LogP contribution in [0.15, 0.2) is 29.3 Å². The molecule has 6 nitrogen and oxygen atoms in total. The fourth-order valence-corrected chi connectivity index (χ4v) is 3.24. The molecule has 0 aliphatic heterocycles. The lowest BCUT2D eigenvalue weighted by Gasteiger charge is -2.11. The number of aliphatic imine (C=N–C) groups is 1. The smallest absolute Gasteiger partial charge is 0.221 e. The highest BCUT2D eigenvalue weighted by Crippen LogP contribution is 2.16. The van der Waals surface area contributed by atoms with Crippen molar-refractivity contribution in [3.8, 4) is 0 Å². The van der Waals surface area contributed by atoms with Gasteiger partial charge in [0.1, 0.15) is 0 Å². The summed E-state index contributed by atoms with van der Waals surface area (Å²) in [6.45, 7) is 9.61. The minimum Gasteiger partial charge on any atom is -0.357 e. The lowest BCUT2D eigenvalue weighted by molar-refractivity contribution is -0.114. The Labute approximate surface area is 175 Å². The van der Waals surface area contributed by atoms with Gasteiger partial charge in [-0.1, -0.05) is 12.1 Å². The number of rotatable bonds is 6. The first-order valence-electron chi connectivity index (χ1n) is 8.29. The van der Waals surface area contributed by atoms with Crippen molar-refractivity contribution in [2.75, 3.05) is 11.9 Å². The zero-order valence-corrected chi connectivity index (χ0v) is 18.7. The second-order valence-electron chi connectivity index (χ2n) is 5.67. The van der Waals surface area contributed by atoms with E-state index in [1.54, 1.807) is 11.3 Å². The van der Waals surface area contributed by atoms with E-state index in [1.165, 1.54) is 11.8 Å². The molecule has 0 atom stereocenters. The van der Waals surface area contributed by atoms with E-state index in [-0.39, 0.29) is 29.9 Å². The normalized spacial score (nSPS) is 10.8. The second-order valence-corrected chi connectivity index (χ2v) is 6.96. The number of halogens is 1. The number of carbonyl (C=O) groups is 1. The van der Waals surface area contributed by atoms with Gasteiger partial charge in [-0.15, -0.1) is 35.3 Å². The summed E-state index contributed by atoms with van der Waals surface area (Å²) in [5.74, 6) is 0.684. The van der Waals surface area contributed by atoms with Crippen LogP contribution in [0.25, 0.3) is 0 Å². The number of hydrogen-bond acceptors (Lipinski definition) is 4. The summed E-state index contributed by atoms with van der Waals surface area (Å²) in [7, 11) is 0. The standard InChI is InChI=1S/C18H25N5OS.HI/c1-5-19-18(21-11-17-12(2)22-14(4)25-17)20-10-15-7-6-8-16(9-15)23-13(3)24;/h6-9H,5,10-11H2,1-4H3,(H,23,24)(H2,19,20,21);1H. The lowest BCUT2D eigenvalue weighted by atomic mass is 10.2. The summed E-state index contributed by atoms with van der Waals surface area (Å²) < 4.78 is 0. The SMILES string of the molecule is CCNC(=NCc1cccc(NC(C)=O)c1)NCc1sc(C)nc1C.I. The Morgan fingerprint density at radius 3 is 2.65 bits per heavy atom. The molecule has 0 bridgehead atoms. The summed E-state index contributed by atoms with van der Waals surface area (Å²) >= 11 is 1.70. The number of benzene rings is 1. The van der Waals surface area contributed by atoms with Crippen LogP contribution >= 0.6 is 35.3 Å². The van der Waals surface area contributed by atoms with Gasteiger partial charge in [0.15, 0.2) is 5.96 Å². The largest absolute Gasteiger partial charge is 0.357 e. The molecule has 1 aromatic heterocycles. The molecule has 0 spiro atoms. The maximum absolute atomic E-state index is 11.2. The third kappa shape index (κ3) is 7.28. The summed E-state index contributed by atoms with van der Waals surface area (Å²) in [5, 5.41) is 10.5. The third-order valence-corrected chi connectivity index (χ3v) is 4.50. The van der Waals surface area contributed by atoms with E-state index >= 15 is 0 Å². The molecule has 8 heteroatoms. The first-order chi connectivity index (χ1) is 12.0. The fourth-order valence-electron chi connectivity index (χ4n) is 2.36. The van der Waals surface area contributed by atoms with Crippen LogP contribution < -0.4 is 16.0 Å². The Hall–Kier alpha value is -1.68. The van der Waals surface area contributed by atoms with Crippen LogP contribution in [0.4, 0.5) is 5.69 Å². The van der Waals surface area contributed by atoms with E-state index in [4.69, 9.17) is 0 Å². The van der Waals surface area contributed by atoms with Crippen molar-refractivity contribution in [1.82, 2.24) is 15.6 Å². The molecule has 0 saturated carbocycles. The van der Waals surface area contributed by atoms with Gasteiger partial charge in [0.25, 0.3) is 0 Å². The monoisotopic (exact) mass is 487 g/mol. The van der Waals surface area contributed by atoms with Gasteiger partial charge in [0, 0.05) is 24.0 Å². The first kappa shape index (κ1) is 22.4. The molecule has 0 aliphatic rings. The minimum atomic E-state index is -0.0779. The van der Waals surface area contributed by atoms with Gasteiger partial charge in [-0.25, -0.2) is 9.98 Å². The van der Waals surface area contributed by atoms with Crippen LogP contribution in [0.3, 0.4) is 0 Å². The Morgan fingerprint density at radius 1 is 1.27 bits per heavy atom. The number of thiazole rings is 1. The van der Waals surface area contributed by atoms with E-state index in [9.17, 15) is 4.79 Å². The van der Waals surface area contributed by atoms with Gasteiger partial charge in [-0.05, 0) is 38.5 Å². The number of amides is 1. The maximum atomic E-state index is 11.2. The van der Waals surface area contributed by atoms with Crippen LogP contribution in [0.5, 0.6) is 0 Å². The molecule has 3 N–H and O–H groups in total. The van der Waals surface area contributed by atoms with E-state index < -0.39 is 0 Å². The Balaban J connectivity index is 0.00000338. The molecular formula is C18H26IN5OS. The predicted octanol–water partition coefficient (Wildman–Crippen LogP) is 3.59. The number of carbonyl (C=O) groups excluding carboxylic acids is 1. The molecule has 1 amide bonds.